The first-order valence-electron chi connectivity index (χ1n) is 8.98. The Balaban J connectivity index is 0.00000261. The molecule has 0 spiro atoms. The van der Waals surface area contributed by atoms with Crippen LogP contribution in [0.2, 0.25) is 0 Å². The van der Waals surface area contributed by atoms with Gasteiger partial charge in [0.2, 0.25) is 11.8 Å². The SMILES string of the molecule is Cl.O=C(CC1(C(=O)NCCc2cccs2)CCNC1)NCCc1cccs1. The first-order chi connectivity index (χ1) is 12.7. The largest absolute Gasteiger partial charge is 0.356 e. The molecule has 3 N–H and O–H groups in total. The molecule has 8 heteroatoms. The molecule has 1 aliphatic rings. The molecule has 1 atom stereocenters. The molecule has 2 aromatic heterocycles. The number of hydrogen-bond acceptors (Lipinski definition) is 5. The van der Waals surface area contributed by atoms with E-state index >= 15 is 0 Å². The van der Waals surface area contributed by atoms with E-state index in [9.17, 15) is 9.59 Å². The molecule has 0 saturated carbocycles. The van der Waals surface area contributed by atoms with Gasteiger partial charge in [-0.3, -0.25) is 9.59 Å². The van der Waals surface area contributed by atoms with Crippen molar-refractivity contribution in [2.45, 2.75) is 25.7 Å². The Bertz CT molecular complexity index is 699. The molecule has 0 bridgehead atoms. The fourth-order valence-electron chi connectivity index (χ4n) is 3.26. The number of halogens is 1. The maximum atomic E-state index is 12.8. The van der Waals surface area contributed by atoms with E-state index in [4.69, 9.17) is 0 Å². The van der Waals surface area contributed by atoms with Gasteiger partial charge in [0.05, 0.1) is 5.41 Å². The van der Waals surface area contributed by atoms with Crippen LogP contribution in [0.3, 0.4) is 0 Å². The maximum absolute atomic E-state index is 12.8. The molecule has 0 aliphatic carbocycles. The molecule has 148 valence electrons. The molecular formula is C19H26ClN3O2S2. The van der Waals surface area contributed by atoms with E-state index in [-0.39, 0.29) is 30.6 Å². The summed E-state index contributed by atoms with van der Waals surface area (Å²) < 4.78 is 0. The molecule has 0 aromatic carbocycles. The molecule has 1 saturated heterocycles. The monoisotopic (exact) mass is 427 g/mol. The summed E-state index contributed by atoms with van der Waals surface area (Å²) in [4.78, 5) is 27.7. The third-order valence-electron chi connectivity index (χ3n) is 4.74. The maximum Gasteiger partial charge on any atom is 0.228 e. The average Bonchev–Trinajstić information content (AvgIpc) is 3.38. The summed E-state index contributed by atoms with van der Waals surface area (Å²) in [5, 5.41) is 13.3. The van der Waals surface area contributed by atoms with Crippen molar-refractivity contribution in [3.8, 4) is 0 Å². The standard InChI is InChI=1S/C19H25N3O2S2.ClH/c23-17(21-8-5-15-3-1-11-25-15)13-19(7-10-20-14-19)18(24)22-9-6-16-4-2-12-26-16;/h1-4,11-12,20H,5-10,13-14H2,(H,21,23)(H,22,24);1H. The minimum Gasteiger partial charge on any atom is -0.356 e. The zero-order chi connectivity index (χ0) is 18.2. The fraction of sp³-hybridized carbons (Fsp3) is 0.474. The highest BCUT2D eigenvalue weighted by atomic mass is 35.5. The summed E-state index contributed by atoms with van der Waals surface area (Å²) in [5.74, 6) is -0.0499. The van der Waals surface area contributed by atoms with Crippen LogP contribution in [0, 0.1) is 5.41 Å². The van der Waals surface area contributed by atoms with Crippen molar-refractivity contribution in [2.24, 2.45) is 5.41 Å². The quantitative estimate of drug-likeness (QED) is 0.576. The van der Waals surface area contributed by atoms with Gasteiger partial charge in [0.25, 0.3) is 0 Å². The molecule has 2 amide bonds. The predicted molar refractivity (Wildman–Crippen MR) is 114 cm³/mol. The van der Waals surface area contributed by atoms with E-state index in [1.807, 2.05) is 22.9 Å². The second-order valence-electron chi connectivity index (χ2n) is 6.65. The van der Waals surface area contributed by atoms with Crippen molar-refractivity contribution in [3.05, 3.63) is 44.8 Å². The molecule has 1 aliphatic heterocycles. The smallest absolute Gasteiger partial charge is 0.228 e. The first kappa shape index (κ1) is 21.9. The lowest BCUT2D eigenvalue weighted by Gasteiger charge is -2.26. The third-order valence-corrected chi connectivity index (χ3v) is 6.61. The Kier molecular flexibility index (Phi) is 8.76. The minimum absolute atomic E-state index is 0. The van der Waals surface area contributed by atoms with E-state index < -0.39 is 5.41 Å². The van der Waals surface area contributed by atoms with Crippen LogP contribution in [-0.4, -0.2) is 38.0 Å². The highest BCUT2D eigenvalue weighted by Gasteiger charge is 2.42. The van der Waals surface area contributed by atoms with Crippen molar-refractivity contribution >= 4 is 46.9 Å². The normalized spacial score (nSPS) is 18.7. The van der Waals surface area contributed by atoms with Crippen LogP contribution < -0.4 is 16.0 Å². The number of amides is 2. The Morgan fingerprint density at radius 1 is 1.04 bits per heavy atom. The highest BCUT2D eigenvalue weighted by Crippen LogP contribution is 2.30. The van der Waals surface area contributed by atoms with Gasteiger partial charge in [-0.25, -0.2) is 0 Å². The lowest BCUT2D eigenvalue weighted by molar-refractivity contribution is -0.135. The summed E-state index contributed by atoms with van der Waals surface area (Å²) in [6.07, 6.45) is 2.62. The molecule has 27 heavy (non-hydrogen) atoms. The van der Waals surface area contributed by atoms with Crippen LogP contribution in [0.4, 0.5) is 0 Å². The Labute approximate surface area is 174 Å². The van der Waals surface area contributed by atoms with Gasteiger partial charge in [0.15, 0.2) is 0 Å². The van der Waals surface area contributed by atoms with Crippen LogP contribution in [0.5, 0.6) is 0 Å². The summed E-state index contributed by atoms with van der Waals surface area (Å²) in [7, 11) is 0. The van der Waals surface area contributed by atoms with Crippen LogP contribution >= 0.6 is 35.1 Å². The van der Waals surface area contributed by atoms with E-state index in [1.165, 1.54) is 9.75 Å². The number of carbonyl (C=O) groups excluding carboxylic acids is 2. The van der Waals surface area contributed by atoms with Crippen molar-refractivity contribution in [1.29, 1.82) is 0 Å². The van der Waals surface area contributed by atoms with Crippen LogP contribution in [0.25, 0.3) is 0 Å². The summed E-state index contributed by atoms with van der Waals surface area (Å²) >= 11 is 3.39. The van der Waals surface area contributed by atoms with Gasteiger partial charge in [-0.05, 0) is 48.7 Å². The Hall–Kier alpha value is -1.41. The van der Waals surface area contributed by atoms with Crippen molar-refractivity contribution in [2.75, 3.05) is 26.2 Å². The highest BCUT2D eigenvalue weighted by molar-refractivity contribution is 7.10. The summed E-state index contributed by atoms with van der Waals surface area (Å²) in [6.45, 7) is 2.57. The van der Waals surface area contributed by atoms with E-state index in [0.717, 1.165) is 19.4 Å². The molecular weight excluding hydrogens is 402 g/mol. The van der Waals surface area contributed by atoms with Crippen LogP contribution in [0.15, 0.2) is 35.0 Å². The third kappa shape index (κ3) is 6.31. The van der Waals surface area contributed by atoms with Gasteiger partial charge in [0, 0.05) is 35.8 Å². The number of thiophene rings is 2. The molecule has 0 radical (unpaired) electrons. The lowest BCUT2D eigenvalue weighted by Crippen LogP contribution is -2.46. The molecule has 3 rings (SSSR count). The molecule has 5 nitrogen and oxygen atoms in total. The molecule has 1 fully saturated rings. The zero-order valence-corrected chi connectivity index (χ0v) is 17.6. The zero-order valence-electron chi connectivity index (χ0n) is 15.2. The van der Waals surface area contributed by atoms with Crippen LogP contribution in [0.1, 0.15) is 22.6 Å². The van der Waals surface area contributed by atoms with E-state index in [2.05, 4.69) is 28.1 Å². The summed E-state index contributed by atoms with van der Waals surface area (Å²) in [6, 6.07) is 8.18. The molecule has 1 unspecified atom stereocenters. The number of rotatable bonds is 9. The number of hydrogen-bond donors (Lipinski definition) is 3. The first-order valence-corrected chi connectivity index (χ1v) is 10.7. The predicted octanol–water partition coefficient (Wildman–Crippen LogP) is 2.62. The average molecular weight is 428 g/mol. The van der Waals surface area contributed by atoms with E-state index in [1.54, 1.807) is 22.7 Å². The van der Waals surface area contributed by atoms with Crippen molar-refractivity contribution in [1.82, 2.24) is 16.0 Å². The minimum atomic E-state index is -0.623. The van der Waals surface area contributed by atoms with Crippen LogP contribution in [-0.2, 0) is 22.4 Å². The van der Waals surface area contributed by atoms with Crippen molar-refractivity contribution in [3.63, 3.8) is 0 Å². The van der Waals surface area contributed by atoms with Gasteiger partial charge in [-0.1, -0.05) is 12.1 Å². The van der Waals surface area contributed by atoms with Gasteiger partial charge in [-0.15, -0.1) is 35.1 Å². The summed E-state index contributed by atoms with van der Waals surface area (Å²) in [5.41, 5.74) is -0.623. The number of carbonyl (C=O) groups is 2. The second kappa shape index (κ2) is 10.8. The Morgan fingerprint density at radius 2 is 1.67 bits per heavy atom. The molecule has 2 aromatic rings. The molecule has 3 heterocycles. The topological polar surface area (TPSA) is 70.2 Å². The Morgan fingerprint density at radius 3 is 2.19 bits per heavy atom. The van der Waals surface area contributed by atoms with Crippen molar-refractivity contribution < 1.29 is 9.59 Å². The van der Waals surface area contributed by atoms with Gasteiger partial charge < -0.3 is 16.0 Å². The van der Waals surface area contributed by atoms with E-state index in [0.29, 0.717) is 26.1 Å². The second-order valence-corrected chi connectivity index (χ2v) is 8.71. The fourth-order valence-corrected chi connectivity index (χ4v) is 4.68. The number of nitrogens with one attached hydrogen (secondary N) is 3. The lowest BCUT2D eigenvalue weighted by atomic mass is 9.82. The van der Waals surface area contributed by atoms with Gasteiger partial charge in [-0.2, -0.15) is 0 Å². The van der Waals surface area contributed by atoms with Gasteiger partial charge >= 0.3 is 0 Å². The van der Waals surface area contributed by atoms with Gasteiger partial charge in [0.1, 0.15) is 0 Å².